The minimum atomic E-state index is -0.699. The highest BCUT2D eigenvalue weighted by atomic mass is 79.9. The minimum Gasteiger partial charge on any atom is -0.394 e. The molecule has 0 fully saturated rings. The number of nitrogens with one attached hydrogen (secondary N) is 1. The van der Waals surface area contributed by atoms with Crippen LogP contribution in [0.4, 0.5) is 0 Å². The minimum absolute atomic E-state index is 0. The number of halogens is 2. The summed E-state index contributed by atoms with van der Waals surface area (Å²) in [6.45, 7) is 2.16. The van der Waals surface area contributed by atoms with E-state index in [1.165, 1.54) is 16.3 Å². The number of fused-ring (bicyclic) bond motifs is 2. The predicted octanol–water partition coefficient (Wildman–Crippen LogP) is 4.01. The Kier molecular flexibility index (Phi) is 6.23. The van der Waals surface area contributed by atoms with Crippen molar-refractivity contribution in [3.63, 3.8) is 0 Å². The summed E-state index contributed by atoms with van der Waals surface area (Å²) < 4.78 is 1.10. The first kappa shape index (κ1) is 19.2. The Bertz CT molecular complexity index is 792. The van der Waals surface area contributed by atoms with Crippen molar-refractivity contribution in [3.8, 4) is 0 Å². The van der Waals surface area contributed by atoms with Crippen LogP contribution >= 0.6 is 28.3 Å². The fourth-order valence-corrected chi connectivity index (χ4v) is 3.51. The molecule has 0 radical (unpaired) electrons. The van der Waals surface area contributed by atoms with Crippen LogP contribution in [-0.4, -0.2) is 29.0 Å². The molecule has 24 heavy (non-hydrogen) atoms. The second-order valence-corrected chi connectivity index (χ2v) is 6.91. The molecular formula is C19H21BrClNO2. The van der Waals surface area contributed by atoms with Crippen LogP contribution in [0, 0.1) is 0 Å². The maximum absolute atomic E-state index is 9.50. The summed E-state index contributed by atoms with van der Waals surface area (Å²) in [4.78, 5) is 0. The van der Waals surface area contributed by atoms with Crippen molar-refractivity contribution < 1.29 is 10.2 Å². The van der Waals surface area contributed by atoms with E-state index in [0.29, 0.717) is 6.54 Å². The second kappa shape index (κ2) is 7.81. The number of aliphatic hydroxyl groups excluding tert-OH is 2. The van der Waals surface area contributed by atoms with E-state index in [9.17, 15) is 10.2 Å². The summed E-state index contributed by atoms with van der Waals surface area (Å²) in [6.07, 6.45) is 0. The van der Waals surface area contributed by atoms with Gasteiger partial charge in [-0.3, -0.25) is 0 Å². The molecule has 3 nitrogen and oxygen atoms in total. The molecule has 0 saturated heterocycles. The van der Waals surface area contributed by atoms with Gasteiger partial charge in [-0.05, 0) is 50.0 Å². The Hall–Kier alpha value is -1.17. The quantitative estimate of drug-likeness (QED) is 0.557. The van der Waals surface area contributed by atoms with Crippen molar-refractivity contribution >= 4 is 49.9 Å². The van der Waals surface area contributed by atoms with Gasteiger partial charge in [0.1, 0.15) is 0 Å². The molecule has 0 unspecified atom stereocenters. The van der Waals surface area contributed by atoms with Gasteiger partial charge in [-0.1, -0.05) is 48.5 Å². The van der Waals surface area contributed by atoms with Crippen molar-refractivity contribution in [2.24, 2.45) is 0 Å². The van der Waals surface area contributed by atoms with Gasteiger partial charge in [-0.25, -0.2) is 0 Å². The smallest absolute Gasteiger partial charge is 0.0633 e. The molecule has 0 heterocycles. The summed E-state index contributed by atoms with van der Waals surface area (Å²) >= 11 is 3.73. The molecule has 3 rings (SSSR count). The van der Waals surface area contributed by atoms with E-state index >= 15 is 0 Å². The van der Waals surface area contributed by atoms with Crippen molar-refractivity contribution in [2.75, 3.05) is 13.2 Å². The van der Waals surface area contributed by atoms with Crippen molar-refractivity contribution in [1.82, 2.24) is 5.32 Å². The van der Waals surface area contributed by atoms with E-state index in [4.69, 9.17) is 0 Å². The van der Waals surface area contributed by atoms with Crippen LogP contribution < -0.4 is 5.32 Å². The van der Waals surface area contributed by atoms with Gasteiger partial charge < -0.3 is 15.5 Å². The zero-order chi connectivity index (χ0) is 16.4. The highest BCUT2D eigenvalue weighted by Gasteiger charge is 2.22. The molecule has 0 atom stereocenters. The zero-order valence-corrected chi connectivity index (χ0v) is 15.8. The van der Waals surface area contributed by atoms with Crippen LogP contribution in [-0.2, 0) is 6.54 Å². The summed E-state index contributed by atoms with van der Waals surface area (Å²) in [7, 11) is 0. The first-order valence-electron chi connectivity index (χ1n) is 7.64. The van der Waals surface area contributed by atoms with E-state index in [-0.39, 0.29) is 25.6 Å². The monoisotopic (exact) mass is 409 g/mol. The zero-order valence-electron chi connectivity index (χ0n) is 13.4. The lowest BCUT2D eigenvalue weighted by Crippen LogP contribution is -2.48. The third-order valence-corrected chi connectivity index (χ3v) is 5.22. The molecule has 0 aliphatic heterocycles. The number of hydrogen-bond donors (Lipinski definition) is 3. The number of benzene rings is 3. The van der Waals surface area contributed by atoms with Crippen molar-refractivity contribution in [3.05, 3.63) is 58.6 Å². The van der Waals surface area contributed by atoms with Crippen LogP contribution in [0.3, 0.4) is 0 Å². The fraction of sp³-hybridized carbons (Fsp3) is 0.263. The van der Waals surface area contributed by atoms with E-state index in [1.54, 1.807) is 0 Å². The summed E-state index contributed by atoms with van der Waals surface area (Å²) in [5.41, 5.74) is 0.475. The summed E-state index contributed by atoms with van der Waals surface area (Å²) in [5, 5.41) is 27.0. The van der Waals surface area contributed by atoms with E-state index in [2.05, 4.69) is 45.5 Å². The van der Waals surface area contributed by atoms with Gasteiger partial charge in [0.25, 0.3) is 0 Å². The number of hydrogen-bond acceptors (Lipinski definition) is 3. The Morgan fingerprint density at radius 3 is 1.71 bits per heavy atom. The highest BCUT2D eigenvalue weighted by Crippen LogP contribution is 2.36. The molecule has 5 heteroatoms. The molecule has 0 aliphatic rings. The van der Waals surface area contributed by atoms with Crippen LogP contribution in [0.25, 0.3) is 21.5 Å². The molecule has 128 valence electrons. The van der Waals surface area contributed by atoms with Crippen molar-refractivity contribution in [2.45, 2.75) is 19.0 Å². The van der Waals surface area contributed by atoms with Gasteiger partial charge in [0.2, 0.25) is 0 Å². The maximum Gasteiger partial charge on any atom is 0.0633 e. The van der Waals surface area contributed by atoms with Gasteiger partial charge in [0, 0.05) is 11.0 Å². The molecule has 0 bridgehead atoms. The van der Waals surface area contributed by atoms with Gasteiger partial charge >= 0.3 is 0 Å². The second-order valence-electron chi connectivity index (χ2n) is 6.11. The lowest BCUT2D eigenvalue weighted by molar-refractivity contribution is 0.103. The molecule has 0 aromatic heterocycles. The molecule has 3 aromatic carbocycles. The van der Waals surface area contributed by atoms with Crippen LogP contribution in [0.15, 0.2) is 53.0 Å². The maximum atomic E-state index is 9.50. The molecule has 0 saturated carbocycles. The molecule has 3 N–H and O–H groups in total. The molecule has 0 amide bonds. The first-order chi connectivity index (χ1) is 11.1. The van der Waals surface area contributed by atoms with Gasteiger partial charge in [-0.2, -0.15) is 0 Å². The third-order valence-electron chi connectivity index (χ3n) is 4.37. The largest absolute Gasteiger partial charge is 0.394 e. The third kappa shape index (κ3) is 3.44. The normalized spacial score (nSPS) is 11.7. The number of rotatable bonds is 5. The average Bonchev–Trinajstić information content (AvgIpc) is 2.61. The number of aliphatic hydroxyl groups is 2. The standard InChI is InChI=1S/C19H20BrNO2.ClH/c1-19(11-22,12-23)21-10-17-13-6-2-4-8-15(13)18(20)16-9-5-3-7-14(16)17;/h2-9,21-23H,10-12H2,1H3;1H. The van der Waals surface area contributed by atoms with Crippen molar-refractivity contribution in [1.29, 1.82) is 0 Å². The van der Waals surface area contributed by atoms with Gasteiger partial charge in [0.15, 0.2) is 0 Å². The van der Waals surface area contributed by atoms with E-state index < -0.39 is 5.54 Å². The highest BCUT2D eigenvalue weighted by molar-refractivity contribution is 9.10. The Labute approximate surface area is 156 Å². The SMILES string of the molecule is CC(CO)(CO)NCc1c2ccccc2c(Br)c2ccccc12.Cl. The Balaban J connectivity index is 0.00000208. The topological polar surface area (TPSA) is 52.5 Å². The van der Waals surface area contributed by atoms with Crippen LogP contribution in [0.5, 0.6) is 0 Å². The van der Waals surface area contributed by atoms with Gasteiger partial charge in [0.05, 0.1) is 18.8 Å². The first-order valence-corrected chi connectivity index (χ1v) is 8.43. The fourth-order valence-electron chi connectivity index (χ4n) is 2.82. The van der Waals surface area contributed by atoms with E-state index in [0.717, 1.165) is 15.2 Å². The summed E-state index contributed by atoms with van der Waals surface area (Å²) in [5.74, 6) is 0. The average molecular weight is 411 g/mol. The van der Waals surface area contributed by atoms with Crippen LogP contribution in [0.2, 0.25) is 0 Å². The van der Waals surface area contributed by atoms with Crippen LogP contribution in [0.1, 0.15) is 12.5 Å². The summed E-state index contributed by atoms with van der Waals surface area (Å²) in [6, 6.07) is 16.6. The lowest BCUT2D eigenvalue weighted by atomic mass is 9.95. The van der Waals surface area contributed by atoms with Gasteiger partial charge in [-0.15, -0.1) is 12.4 Å². The lowest BCUT2D eigenvalue weighted by Gasteiger charge is -2.27. The molecular weight excluding hydrogens is 390 g/mol. The van der Waals surface area contributed by atoms with E-state index in [1.807, 2.05) is 31.2 Å². The molecule has 0 spiro atoms. The molecule has 0 aliphatic carbocycles. The Morgan fingerprint density at radius 1 is 0.875 bits per heavy atom. The molecule has 3 aromatic rings. The predicted molar refractivity (Wildman–Crippen MR) is 106 cm³/mol. The Morgan fingerprint density at radius 2 is 1.29 bits per heavy atom.